The molecule has 0 heterocycles. The van der Waals surface area contributed by atoms with Crippen molar-refractivity contribution in [2.24, 2.45) is 0 Å². The molecule has 1 aromatic rings. The van der Waals surface area contributed by atoms with E-state index in [1.807, 2.05) is 6.07 Å². The van der Waals surface area contributed by atoms with Gasteiger partial charge in [0.15, 0.2) is 9.84 Å². The van der Waals surface area contributed by atoms with Gasteiger partial charge in [0, 0.05) is 12.1 Å². The van der Waals surface area contributed by atoms with Crippen LogP contribution in [0.15, 0.2) is 42.5 Å². The Morgan fingerprint density at radius 1 is 1.28 bits per heavy atom. The van der Waals surface area contributed by atoms with Crippen molar-refractivity contribution in [2.45, 2.75) is 13.3 Å². The summed E-state index contributed by atoms with van der Waals surface area (Å²) in [5.74, 6) is -0.428. The van der Waals surface area contributed by atoms with Gasteiger partial charge in [-0.2, -0.15) is 0 Å². The van der Waals surface area contributed by atoms with Crippen LogP contribution in [0.2, 0.25) is 0 Å². The zero-order chi connectivity index (χ0) is 13.4. The lowest BCUT2D eigenvalue weighted by molar-refractivity contribution is -0.115. The van der Waals surface area contributed by atoms with Crippen molar-refractivity contribution in [3.8, 4) is 0 Å². The van der Waals surface area contributed by atoms with Crippen LogP contribution < -0.4 is 5.32 Å². The highest BCUT2D eigenvalue weighted by Crippen LogP contribution is 2.06. The molecule has 1 aromatic carbocycles. The van der Waals surface area contributed by atoms with Crippen molar-refractivity contribution in [3.05, 3.63) is 42.5 Å². The van der Waals surface area contributed by atoms with Gasteiger partial charge in [0.2, 0.25) is 5.91 Å². The smallest absolute Gasteiger partial charge is 0.225 e. The second-order valence-electron chi connectivity index (χ2n) is 3.85. The first-order valence-electron chi connectivity index (χ1n) is 5.70. The molecule has 0 spiro atoms. The predicted molar refractivity (Wildman–Crippen MR) is 73.2 cm³/mol. The number of para-hydroxylation sites is 1. The molecule has 0 aromatic heterocycles. The van der Waals surface area contributed by atoms with Crippen LogP contribution >= 0.6 is 0 Å². The molecule has 0 unspecified atom stereocenters. The third-order valence-electron chi connectivity index (χ3n) is 2.28. The molecule has 0 aliphatic heterocycles. The first-order valence-corrected chi connectivity index (χ1v) is 7.52. The fraction of sp³-hybridized carbons (Fsp3) is 0.308. The lowest BCUT2D eigenvalue weighted by atomic mass is 10.3. The summed E-state index contributed by atoms with van der Waals surface area (Å²) in [7, 11) is -3.18. The summed E-state index contributed by atoms with van der Waals surface area (Å²) in [6, 6.07) is 8.96. The first-order chi connectivity index (χ1) is 8.53. The van der Waals surface area contributed by atoms with Gasteiger partial charge in [-0.3, -0.25) is 4.79 Å². The SMILES string of the molecule is CC=CCS(=O)(=O)CCC(=O)Nc1ccccc1. The number of hydrogen-bond acceptors (Lipinski definition) is 3. The average molecular weight is 267 g/mol. The van der Waals surface area contributed by atoms with Crippen molar-refractivity contribution in [3.63, 3.8) is 0 Å². The fourth-order valence-corrected chi connectivity index (χ4v) is 2.47. The van der Waals surface area contributed by atoms with Crippen LogP contribution in [0.3, 0.4) is 0 Å². The lowest BCUT2D eigenvalue weighted by Crippen LogP contribution is -2.18. The molecule has 0 aliphatic carbocycles. The topological polar surface area (TPSA) is 63.2 Å². The maximum atomic E-state index is 11.5. The Kier molecular flexibility index (Phi) is 5.58. The lowest BCUT2D eigenvalue weighted by Gasteiger charge is -2.04. The van der Waals surface area contributed by atoms with E-state index >= 15 is 0 Å². The number of nitrogens with one attached hydrogen (secondary N) is 1. The third kappa shape index (κ3) is 5.63. The van der Waals surface area contributed by atoms with Crippen molar-refractivity contribution in [1.29, 1.82) is 0 Å². The number of amides is 1. The normalized spacial score (nSPS) is 11.6. The van der Waals surface area contributed by atoms with Gasteiger partial charge >= 0.3 is 0 Å². The van der Waals surface area contributed by atoms with E-state index in [0.29, 0.717) is 5.69 Å². The highest BCUT2D eigenvalue weighted by molar-refractivity contribution is 7.91. The monoisotopic (exact) mass is 267 g/mol. The van der Waals surface area contributed by atoms with Crippen molar-refractivity contribution in [1.82, 2.24) is 0 Å². The largest absolute Gasteiger partial charge is 0.326 e. The van der Waals surface area contributed by atoms with E-state index in [1.54, 1.807) is 43.3 Å². The molecule has 0 aliphatic rings. The molecule has 4 nitrogen and oxygen atoms in total. The molecule has 0 radical (unpaired) electrons. The summed E-state index contributed by atoms with van der Waals surface area (Å²) in [6.07, 6.45) is 3.24. The molecule has 1 amide bonds. The zero-order valence-corrected chi connectivity index (χ0v) is 11.1. The quantitative estimate of drug-likeness (QED) is 0.802. The van der Waals surface area contributed by atoms with E-state index in [1.165, 1.54) is 0 Å². The second-order valence-corrected chi connectivity index (χ2v) is 6.08. The molecular formula is C13H17NO3S. The second kappa shape index (κ2) is 6.96. The number of hydrogen-bond donors (Lipinski definition) is 1. The highest BCUT2D eigenvalue weighted by Gasteiger charge is 2.11. The summed E-state index contributed by atoms with van der Waals surface area (Å²) in [5, 5.41) is 2.65. The molecular weight excluding hydrogens is 250 g/mol. The zero-order valence-electron chi connectivity index (χ0n) is 10.3. The van der Waals surface area contributed by atoms with Crippen LogP contribution in [-0.4, -0.2) is 25.8 Å². The number of carbonyl (C=O) groups excluding carboxylic acids is 1. The van der Waals surface area contributed by atoms with E-state index in [2.05, 4.69) is 5.32 Å². The summed E-state index contributed by atoms with van der Waals surface area (Å²) < 4.78 is 23.0. The van der Waals surface area contributed by atoms with E-state index in [-0.39, 0.29) is 23.8 Å². The third-order valence-corrected chi connectivity index (χ3v) is 3.81. The van der Waals surface area contributed by atoms with Gasteiger partial charge in [-0.1, -0.05) is 30.4 Å². The van der Waals surface area contributed by atoms with Gasteiger partial charge in [0.25, 0.3) is 0 Å². The Bertz CT molecular complexity index is 506. The standard InChI is InChI=1S/C13H17NO3S/c1-2-3-10-18(16,17)11-9-13(15)14-12-7-5-4-6-8-12/h2-8H,9-11H2,1H3,(H,14,15). The Hall–Kier alpha value is -1.62. The highest BCUT2D eigenvalue weighted by atomic mass is 32.2. The molecule has 1 rings (SSSR count). The minimum atomic E-state index is -3.18. The summed E-state index contributed by atoms with van der Waals surface area (Å²) >= 11 is 0. The van der Waals surface area contributed by atoms with Crippen molar-refractivity contribution in [2.75, 3.05) is 16.8 Å². The summed E-state index contributed by atoms with van der Waals surface area (Å²) in [6.45, 7) is 1.76. The molecule has 98 valence electrons. The summed E-state index contributed by atoms with van der Waals surface area (Å²) in [5.41, 5.74) is 0.674. The van der Waals surface area contributed by atoms with Gasteiger partial charge < -0.3 is 5.32 Å². The predicted octanol–water partition coefficient (Wildman–Crippen LogP) is 2.01. The van der Waals surface area contributed by atoms with Crippen LogP contribution in [-0.2, 0) is 14.6 Å². The van der Waals surface area contributed by atoms with Gasteiger partial charge in [0.1, 0.15) is 0 Å². The van der Waals surface area contributed by atoms with E-state index in [4.69, 9.17) is 0 Å². The van der Waals surface area contributed by atoms with Gasteiger partial charge in [-0.25, -0.2) is 8.42 Å². The molecule has 0 saturated heterocycles. The molecule has 18 heavy (non-hydrogen) atoms. The number of anilines is 1. The van der Waals surface area contributed by atoms with Crippen molar-refractivity contribution < 1.29 is 13.2 Å². The maximum absolute atomic E-state index is 11.5. The number of allylic oxidation sites excluding steroid dienone is 1. The maximum Gasteiger partial charge on any atom is 0.225 e. The molecule has 0 fully saturated rings. The number of benzene rings is 1. The molecule has 5 heteroatoms. The van der Waals surface area contributed by atoms with E-state index in [9.17, 15) is 13.2 Å². The van der Waals surface area contributed by atoms with Crippen LogP contribution in [0.25, 0.3) is 0 Å². The average Bonchev–Trinajstić information content (AvgIpc) is 2.36. The van der Waals surface area contributed by atoms with Gasteiger partial charge in [0.05, 0.1) is 11.5 Å². The molecule has 0 atom stereocenters. The van der Waals surface area contributed by atoms with Crippen LogP contribution in [0, 0.1) is 0 Å². The first kappa shape index (κ1) is 14.4. The Morgan fingerprint density at radius 3 is 2.56 bits per heavy atom. The minimum Gasteiger partial charge on any atom is -0.326 e. The number of sulfone groups is 1. The van der Waals surface area contributed by atoms with E-state index in [0.717, 1.165) is 0 Å². The molecule has 0 bridgehead atoms. The molecule has 1 N–H and O–H groups in total. The van der Waals surface area contributed by atoms with E-state index < -0.39 is 9.84 Å². The summed E-state index contributed by atoms with van der Waals surface area (Å²) in [4.78, 5) is 11.5. The molecule has 0 saturated carbocycles. The van der Waals surface area contributed by atoms with Crippen molar-refractivity contribution >= 4 is 21.4 Å². The Labute approximate surface area is 108 Å². The Balaban J connectivity index is 2.42. The number of carbonyl (C=O) groups is 1. The fourth-order valence-electron chi connectivity index (χ4n) is 1.32. The van der Waals surface area contributed by atoms with Gasteiger partial charge in [-0.15, -0.1) is 0 Å². The Morgan fingerprint density at radius 2 is 1.94 bits per heavy atom. The minimum absolute atomic E-state index is 0.0118. The number of rotatable bonds is 6. The van der Waals surface area contributed by atoms with Crippen LogP contribution in [0.1, 0.15) is 13.3 Å². The van der Waals surface area contributed by atoms with Crippen LogP contribution in [0.5, 0.6) is 0 Å². The van der Waals surface area contributed by atoms with Crippen LogP contribution in [0.4, 0.5) is 5.69 Å². The van der Waals surface area contributed by atoms with Gasteiger partial charge in [-0.05, 0) is 19.1 Å².